The Morgan fingerprint density at radius 3 is 2.65 bits per heavy atom. The number of rotatable bonds is 4. The van der Waals surface area contributed by atoms with Crippen LogP contribution in [-0.2, 0) is 13.0 Å². The van der Waals surface area contributed by atoms with E-state index < -0.39 is 5.97 Å². The van der Waals surface area contributed by atoms with Crippen LogP contribution in [0.4, 0.5) is 0 Å². The summed E-state index contributed by atoms with van der Waals surface area (Å²) in [6.07, 6.45) is 0.824. The molecule has 120 valence electrons. The molecule has 3 nitrogen and oxygen atoms in total. The number of benzene rings is 1. The monoisotopic (exact) mass is 431 g/mol. The molecule has 0 fully saturated rings. The van der Waals surface area contributed by atoms with Gasteiger partial charge in [-0.2, -0.15) is 0 Å². The molecule has 0 saturated heterocycles. The second-order valence-electron chi connectivity index (χ2n) is 5.09. The van der Waals surface area contributed by atoms with Gasteiger partial charge in [0.05, 0.1) is 24.0 Å². The van der Waals surface area contributed by atoms with Crippen molar-refractivity contribution < 1.29 is 9.90 Å². The first kappa shape index (κ1) is 16.8. The number of hydrogen-bond donors (Lipinski definition) is 1. The summed E-state index contributed by atoms with van der Waals surface area (Å²) in [5.74, 6) is -0.938. The van der Waals surface area contributed by atoms with Gasteiger partial charge in [0.1, 0.15) is 5.69 Å². The van der Waals surface area contributed by atoms with Crippen LogP contribution in [0.2, 0.25) is 10.0 Å². The van der Waals surface area contributed by atoms with Crippen LogP contribution in [0.25, 0.3) is 10.2 Å². The lowest BCUT2D eigenvalue weighted by Gasteiger charge is -2.10. The Morgan fingerprint density at radius 1 is 1.30 bits per heavy atom. The first-order valence-electron chi connectivity index (χ1n) is 6.90. The summed E-state index contributed by atoms with van der Waals surface area (Å²) in [7, 11) is 0. The van der Waals surface area contributed by atoms with Crippen molar-refractivity contribution in [1.82, 2.24) is 4.57 Å². The van der Waals surface area contributed by atoms with Gasteiger partial charge in [0.2, 0.25) is 0 Å². The lowest BCUT2D eigenvalue weighted by Crippen LogP contribution is -2.10. The first-order valence-corrected chi connectivity index (χ1v) is 9.26. The molecule has 0 radical (unpaired) electrons. The van der Waals surface area contributed by atoms with E-state index in [0.29, 0.717) is 16.6 Å². The highest BCUT2D eigenvalue weighted by Gasteiger charge is 2.21. The van der Waals surface area contributed by atoms with E-state index in [-0.39, 0.29) is 5.69 Å². The minimum Gasteiger partial charge on any atom is -0.477 e. The summed E-state index contributed by atoms with van der Waals surface area (Å²) in [5, 5.41) is 10.5. The lowest BCUT2D eigenvalue weighted by molar-refractivity contribution is 0.0686. The number of hydrogen-bond acceptors (Lipinski definition) is 2. The van der Waals surface area contributed by atoms with Crippen LogP contribution in [0.5, 0.6) is 0 Å². The normalized spacial score (nSPS) is 11.3. The number of halogens is 3. The highest BCUT2D eigenvalue weighted by Crippen LogP contribution is 2.38. The molecule has 0 saturated carbocycles. The van der Waals surface area contributed by atoms with Gasteiger partial charge in [0.15, 0.2) is 0 Å². The van der Waals surface area contributed by atoms with Crippen molar-refractivity contribution in [3.8, 4) is 0 Å². The fourth-order valence-corrected chi connectivity index (χ4v) is 5.00. The molecule has 1 N–H and O–H groups in total. The van der Waals surface area contributed by atoms with Gasteiger partial charge in [-0.25, -0.2) is 4.79 Å². The molecule has 0 aliphatic rings. The molecule has 2 aromatic heterocycles. The number of fused-ring (bicyclic) bond motifs is 1. The molecule has 1 aromatic carbocycles. The maximum absolute atomic E-state index is 11.6. The van der Waals surface area contributed by atoms with Gasteiger partial charge in [0, 0.05) is 12.1 Å². The van der Waals surface area contributed by atoms with E-state index in [0.717, 1.165) is 31.6 Å². The smallest absolute Gasteiger partial charge is 0.352 e. The van der Waals surface area contributed by atoms with Crippen molar-refractivity contribution in [2.45, 2.75) is 19.9 Å². The van der Waals surface area contributed by atoms with Crippen LogP contribution in [0.3, 0.4) is 0 Å². The third-order valence-electron chi connectivity index (χ3n) is 3.68. The molecule has 23 heavy (non-hydrogen) atoms. The molecule has 3 rings (SSSR count). The van der Waals surface area contributed by atoms with E-state index in [1.165, 1.54) is 0 Å². The van der Waals surface area contributed by atoms with Crippen LogP contribution in [0.15, 0.2) is 28.1 Å². The minimum absolute atomic E-state index is 0.277. The van der Waals surface area contributed by atoms with Crippen molar-refractivity contribution in [3.05, 3.63) is 54.9 Å². The predicted octanol–water partition coefficient (Wildman–Crippen LogP) is 6.08. The Morgan fingerprint density at radius 2 is 2.04 bits per heavy atom. The standard InChI is InChI=1S/C16H12BrCl2NO2S/c1-2-9-14-13(23-15(9)17)6-12(16(21)22)20(14)7-8-3-4-10(18)11(19)5-8/h3-6H,2,7H2,1H3,(H,21,22). The second-order valence-corrected chi connectivity index (χ2v) is 8.27. The Hall–Kier alpha value is -1.01. The Labute approximate surface area is 155 Å². The summed E-state index contributed by atoms with van der Waals surface area (Å²) in [6.45, 7) is 2.49. The minimum atomic E-state index is -0.938. The quantitative estimate of drug-likeness (QED) is 0.542. The van der Waals surface area contributed by atoms with Crippen LogP contribution in [0.1, 0.15) is 28.5 Å². The largest absolute Gasteiger partial charge is 0.477 e. The van der Waals surface area contributed by atoms with E-state index in [2.05, 4.69) is 22.9 Å². The Balaban J connectivity index is 2.18. The molecular formula is C16H12BrCl2NO2S. The maximum Gasteiger partial charge on any atom is 0.352 e. The zero-order chi connectivity index (χ0) is 16.7. The second kappa shape index (κ2) is 6.48. The average molecular weight is 433 g/mol. The van der Waals surface area contributed by atoms with E-state index in [1.54, 1.807) is 29.5 Å². The van der Waals surface area contributed by atoms with Gasteiger partial charge in [0.25, 0.3) is 0 Å². The van der Waals surface area contributed by atoms with Crippen LogP contribution < -0.4 is 0 Å². The molecule has 0 aliphatic carbocycles. The number of carboxylic acids is 1. The number of aromatic nitrogens is 1. The van der Waals surface area contributed by atoms with Gasteiger partial charge < -0.3 is 9.67 Å². The molecule has 0 amide bonds. The SMILES string of the molecule is CCc1c(Br)sc2cc(C(=O)O)n(Cc3ccc(Cl)c(Cl)c3)c12. The molecule has 0 spiro atoms. The predicted molar refractivity (Wildman–Crippen MR) is 99.4 cm³/mol. The zero-order valence-corrected chi connectivity index (χ0v) is 16.0. The Bertz CT molecular complexity index is 917. The van der Waals surface area contributed by atoms with Crippen molar-refractivity contribution in [2.24, 2.45) is 0 Å². The van der Waals surface area contributed by atoms with E-state index in [4.69, 9.17) is 23.2 Å². The molecule has 0 unspecified atom stereocenters. The summed E-state index contributed by atoms with van der Waals surface area (Å²) >= 11 is 17.2. The number of nitrogens with zero attached hydrogens (tertiary/aromatic N) is 1. The van der Waals surface area contributed by atoms with Crippen LogP contribution in [-0.4, -0.2) is 15.6 Å². The fraction of sp³-hybridized carbons (Fsp3) is 0.188. The van der Waals surface area contributed by atoms with Crippen LogP contribution in [0, 0.1) is 0 Å². The highest BCUT2D eigenvalue weighted by atomic mass is 79.9. The van der Waals surface area contributed by atoms with Crippen LogP contribution >= 0.6 is 50.5 Å². The third-order valence-corrected chi connectivity index (χ3v) is 6.34. The lowest BCUT2D eigenvalue weighted by atomic mass is 10.2. The summed E-state index contributed by atoms with van der Waals surface area (Å²) < 4.78 is 3.84. The number of thiophene rings is 1. The topological polar surface area (TPSA) is 42.2 Å². The van der Waals surface area contributed by atoms with Gasteiger partial charge in [-0.15, -0.1) is 11.3 Å². The van der Waals surface area contributed by atoms with Gasteiger partial charge in [-0.1, -0.05) is 36.2 Å². The third kappa shape index (κ3) is 3.03. The van der Waals surface area contributed by atoms with Crippen molar-refractivity contribution in [2.75, 3.05) is 0 Å². The summed E-state index contributed by atoms with van der Waals surface area (Å²) in [6, 6.07) is 7.08. The van der Waals surface area contributed by atoms with E-state index in [9.17, 15) is 9.90 Å². The van der Waals surface area contributed by atoms with Gasteiger partial charge in [-0.05, 0) is 46.1 Å². The van der Waals surface area contributed by atoms with Crippen molar-refractivity contribution >= 4 is 66.7 Å². The maximum atomic E-state index is 11.6. The summed E-state index contributed by atoms with van der Waals surface area (Å²) in [4.78, 5) is 11.6. The fourth-order valence-electron chi connectivity index (χ4n) is 2.63. The van der Waals surface area contributed by atoms with E-state index >= 15 is 0 Å². The number of aromatic carboxylic acids is 1. The average Bonchev–Trinajstić information content (AvgIpc) is 2.98. The van der Waals surface area contributed by atoms with Crippen molar-refractivity contribution in [3.63, 3.8) is 0 Å². The number of carbonyl (C=O) groups is 1. The Kier molecular flexibility index (Phi) is 4.74. The summed E-state index contributed by atoms with van der Waals surface area (Å²) in [5.41, 5.74) is 3.27. The molecule has 0 atom stereocenters. The molecular weight excluding hydrogens is 421 g/mol. The van der Waals surface area contributed by atoms with E-state index in [1.807, 2.05) is 10.6 Å². The highest BCUT2D eigenvalue weighted by molar-refractivity contribution is 9.11. The van der Waals surface area contributed by atoms with Gasteiger partial charge in [-0.3, -0.25) is 0 Å². The molecule has 7 heteroatoms. The molecule has 2 heterocycles. The van der Waals surface area contributed by atoms with Crippen molar-refractivity contribution in [1.29, 1.82) is 0 Å². The van der Waals surface area contributed by atoms with Gasteiger partial charge >= 0.3 is 5.97 Å². The molecule has 0 aliphatic heterocycles. The molecule has 0 bridgehead atoms. The first-order chi connectivity index (χ1) is 10.9. The zero-order valence-electron chi connectivity index (χ0n) is 12.1. The molecule has 3 aromatic rings. The number of aryl methyl sites for hydroxylation is 1. The number of carboxylic acid groups (broad SMARTS) is 1.